The summed E-state index contributed by atoms with van der Waals surface area (Å²) in [5.74, 6) is 1.28. The predicted octanol–water partition coefficient (Wildman–Crippen LogP) is 5.98. The molecule has 4 atom stereocenters. The van der Waals surface area contributed by atoms with Crippen LogP contribution in [0.25, 0.3) is 0 Å². The average molecular weight is 377 g/mol. The molecule has 5 heteroatoms. The summed E-state index contributed by atoms with van der Waals surface area (Å²) in [5, 5.41) is -3.67. The first kappa shape index (κ1) is 20.9. The first-order chi connectivity index (χ1) is 11.2. The Labute approximate surface area is 152 Å². The molecular formula is C20H34F2O2S. The molecule has 0 aromatic carbocycles. The Balaban J connectivity index is 2.10. The van der Waals surface area contributed by atoms with E-state index in [1.54, 1.807) is 0 Å². The molecule has 0 saturated heterocycles. The van der Waals surface area contributed by atoms with Crippen LogP contribution in [0.2, 0.25) is 0 Å². The minimum absolute atomic E-state index is 0.00124. The van der Waals surface area contributed by atoms with Crippen LogP contribution < -0.4 is 0 Å². The van der Waals surface area contributed by atoms with Crippen molar-refractivity contribution in [3.8, 4) is 0 Å². The van der Waals surface area contributed by atoms with Crippen molar-refractivity contribution in [2.45, 2.75) is 90.1 Å². The van der Waals surface area contributed by atoms with Crippen LogP contribution in [0.3, 0.4) is 0 Å². The first-order valence-corrected chi connectivity index (χ1v) is 11.0. The Kier molecular flexibility index (Phi) is 5.52. The van der Waals surface area contributed by atoms with Gasteiger partial charge in [0.25, 0.3) is 0 Å². The van der Waals surface area contributed by atoms with E-state index in [1.165, 1.54) is 39.2 Å². The van der Waals surface area contributed by atoms with E-state index in [0.29, 0.717) is 11.8 Å². The maximum absolute atomic E-state index is 14.4. The third kappa shape index (κ3) is 3.54. The third-order valence-corrected chi connectivity index (χ3v) is 9.31. The second-order valence-electron chi connectivity index (χ2n) is 9.48. The van der Waals surface area contributed by atoms with Crippen molar-refractivity contribution in [3.05, 3.63) is 11.6 Å². The van der Waals surface area contributed by atoms with Crippen LogP contribution in [-0.2, 0) is 9.84 Å². The van der Waals surface area contributed by atoms with Gasteiger partial charge in [0, 0.05) is 6.42 Å². The quantitative estimate of drug-likeness (QED) is 0.553. The van der Waals surface area contributed by atoms with Crippen molar-refractivity contribution in [1.29, 1.82) is 0 Å². The normalized spacial score (nSPS) is 32.2. The molecule has 0 bridgehead atoms. The zero-order valence-corrected chi connectivity index (χ0v) is 17.3. The molecule has 2 rings (SSSR count). The minimum atomic E-state index is -4.50. The van der Waals surface area contributed by atoms with E-state index >= 15 is 0 Å². The van der Waals surface area contributed by atoms with Gasteiger partial charge in [0.15, 0.2) is 0 Å². The van der Waals surface area contributed by atoms with Crippen LogP contribution in [0.5, 0.6) is 0 Å². The standard InChI is InChI=1S/C20H34F2O2S/c1-14-8-7-12-19(6)16(14)9-10-17(19)15(2)11-13-20(21,22)25(23,24)18(3,4)5/h10,14-16H,7-9,11-13H2,1-6H3/t14?,15-,16?,19+/m1/s1. The van der Waals surface area contributed by atoms with Crippen molar-refractivity contribution >= 4 is 9.84 Å². The topological polar surface area (TPSA) is 34.1 Å². The van der Waals surface area contributed by atoms with Crippen LogP contribution in [0.1, 0.15) is 80.1 Å². The summed E-state index contributed by atoms with van der Waals surface area (Å²) in [6.07, 6.45) is 6.47. The second-order valence-corrected chi connectivity index (χ2v) is 12.3. The van der Waals surface area contributed by atoms with E-state index in [2.05, 4.69) is 19.9 Å². The molecule has 0 aliphatic heterocycles. The summed E-state index contributed by atoms with van der Waals surface area (Å²) in [6, 6.07) is 0. The Morgan fingerprint density at radius 2 is 1.92 bits per heavy atom. The molecule has 2 aliphatic rings. The molecule has 0 heterocycles. The van der Waals surface area contributed by atoms with Crippen LogP contribution in [0, 0.1) is 23.2 Å². The van der Waals surface area contributed by atoms with Crippen molar-refractivity contribution in [3.63, 3.8) is 0 Å². The van der Waals surface area contributed by atoms with Crippen molar-refractivity contribution in [2.75, 3.05) is 0 Å². The van der Waals surface area contributed by atoms with Crippen LogP contribution in [0.15, 0.2) is 11.6 Å². The number of rotatable bonds is 5. The van der Waals surface area contributed by atoms with Crippen molar-refractivity contribution < 1.29 is 17.2 Å². The summed E-state index contributed by atoms with van der Waals surface area (Å²) in [5.41, 5.74) is 1.39. The van der Waals surface area contributed by atoms with Crippen LogP contribution >= 0.6 is 0 Å². The van der Waals surface area contributed by atoms with Crippen molar-refractivity contribution in [1.82, 2.24) is 0 Å². The molecule has 2 unspecified atom stereocenters. The highest BCUT2D eigenvalue weighted by molar-refractivity contribution is 7.93. The number of fused-ring (bicyclic) bond motifs is 1. The molecule has 0 amide bonds. The zero-order valence-electron chi connectivity index (χ0n) is 16.5. The minimum Gasteiger partial charge on any atom is -0.222 e. The Hall–Kier alpha value is -0.450. The molecule has 0 aromatic heterocycles. The van der Waals surface area contributed by atoms with Gasteiger partial charge in [0.1, 0.15) is 0 Å². The SMILES string of the molecule is CC1CCC[C@]2(C)C([C@H](C)CCC(F)(F)S(=O)(=O)C(C)(C)C)=CCC12. The van der Waals surface area contributed by atoms with Gasteiger partial charge in [-0.2, -0.15) is 8.78 Å². The molecule has 0 spiro atoms. The lowest BCUT2D eigenvalue weighted by molar-refractivity contribution is 0.0695. The van der Waals surface area contributed by atoms with E-state index < -0.39 is 26.3 Å². The molecule has 0 N–H and O–H groups in total. The molecule has 0 aromatic rings. The zero-order chi connectivity index (χ0) is 19.3. The molecule has 25 heavy (non-hydrogen) atoms. The van der Waals surface area contributed by atoms with E-state index in [4.69, 9.17) is 0 Å². The maximum atomic E-state index is 14.4. The summed E-state index contributed by atoms with van der Waals surface area (Å²) >= 11 is 0. The van der Waals surface area contributed by atoms with Gasteiger partial charge < -0.3 is 0 Å². The van der Waals surface area contributed by atoms with E-state index in [1.807, 2.05) is 6.92 Å². The summed E-state index contributed by atoms with van der Waals surface area (Å²) in [4.78, 5) is 0. The molecule has 1 saturated carbocycles. The Bertz CT molecular complexity index is 631. The second kappa shape index (κ2) is 6.61. The largest absolute Gasteiger partial charge is 0.346 e. The number of hydrogen-bond donors (Lipinski definition) is 0. The fourth-order valence-corrected chi connectivity index (χ4v) is 6.31. The molecule has 0 radical (unpaired) electrons. The highest BCUT2D eigenvalue weighted by Crippen LogP contribution is 2.57. The molecule has 146 valence electrons. The number of hydrogen-bond acceptors (Lipinski definition) is 2. The smallest absolute Gasteiger partial charge is 0.222 e. The maximum Gasteiger partial charge on any atom is 0.346 e. The van der Waals surface area contributed by atoms with Gasteiger partial charge in [-0.1, -0.05) is 45.3 Å². The van der Waals surface area contributed by atoms with Gasteiger partial charge in [-0.15, -0.1) is 0 Å². The highest BCUT2D eigenvalue weighted by Gasteiger charge is 2.52. The van der Waals surface area contributed by atoms with Crippen LogP contribution in [0.4, 0.5) is 8.78 Å². The lowest BCUT2D eigenvalue weighted by Gasteiger charge is -2.44. The summed E-state index contributed by atoms with van der Waals surface area (Å²) < 4.78 is 51.8. The number of alkyl halides is 2. The van der Waals surface area contributed by atoms with E-state index in [9.17, 15) is 17.2 Å². The van der Waals surface area contributed by atoms with E-state index in [-0.39, 0.29) is 17.8 Å². The number of sulfone groups is 1. The predicted molar refractivity (Wildman–Crippen MR) is 99.3 cm³/mol. The Morgan fingerprint density at radius 1 is 1.32 bits per heavy atom. The highest BCUT2D eigenvalue weighted by atomic mass is 32.2. The van der Waals surface area contributed by atoms with E-state index in [0.717, 1.165) is 12.8 Å². The van der Waals surface area contributed by atoms with Gasteiger partial charge in [-0.05, 0) is 63.2 Å². The molecule has 2 nitrogen and oxygen atoms in total. The Morgan fingerprint density at radius 3 is 2.48 bits per heavy atom. The fraction of sp³-hybridized carbons (Fsp3) is 0.900. The molecule has 1 fully saturated rings. The van der Waals surface area contributed by atoms with Crippen molar-refractivity contribution in [2.24, 2.45) is 23.2 Å². The lowest BCUT2D eigenvalue weighted by Crippen LogP contribution is -2.42. The summed E-state index contributed by atoms with van der Waals surface area (Å²) in [7, 11) is -4.50. The number of allylic oxidation sites excluding steroid dienone is 2. The lowest BCUT2D eigenvalue weighted by atomic mass is 9.60. The number of halogens is 2. The van der Waals surface area contributed by atoms with Gasteiger partial charge in [0.2, 0.25) is 9.84 Å². The van der Waals surface area contributed by atoms with Crippen LogP contribution in [-0.4, -0.2) is 18.4 Å². The average Bonchev–Trinajstić information content (AvgIpc) is 2.82. The van der Waals surface area contributed by atoms with Gasteiger partial charge in [-0.25, -0.2) is 8.42 Å². The monoisotopic (exact) mass is 376 g/mol. The molecule has 2 aliphatic carbocycles. The first-order valence-electron chi connectivity index (χ1n) is 9.56. The third-order valence-electron chi connectivity index (χ3n) is 6.71. The van der Waals surface area contributed by atoms with Gasteiger partial charge in [-0.3, -0.25) is 0 Å². The fourth-order valence-electron chi connectivity index (χ4n) is 5.03. The summed E-state index contributed by atoms with van der Waals surface area (Å²) in [6.45, 7) is 10.6. The van der Waals surface area contributed by atoms with Gasteiger partial charge in [0.05, 0.1) is 4.75 Å². The molecular weight excluding hydrogens is 342 g/mol. The van der Waals surface area contributed by atoms with Gasteiger partial charge >= 0.3 is 5.25 Å².